The molecule has 1 aliphatic heterocycles. The molecule has 2 N–H and O–H groups in total. The van der Waals surface area contributed by atoms with E-state index in [4.69, 9.17) is 4.74 Å². The van der Waals surface area contributed by atoms with Crippen LogP contribution in [0.3, 0.4) is 0 Å². The number of pyridine rings is 1. The molecule has 0 fully saturated rings. The topological polar surface area (TPSA) is 148 Å². The van der Waals surface area contributed by atoms with Gasteiger partial charge in [0.05, 0.1) is 18.6 Å². The third kappa shape index (κ3) is 6.54. The van der Waals surface area contributed by atoms with E-state index in [0.717, 1.165) is 38.9 Å². The maximum atomic E-state index is 13.8. The maximum Gasteiger partial charge on any atom is 0.248 e. The molecule has 5 rings (SSSR count). The molecule has 45 heavy (non-hydrogen) atoms. The Labute approximate surface area is 263 Å². The molecule has 1 unspecified atom stereocenters. The van der Waals surface area contributed by atoms with Gasteiger partial charge in [0, 0.05) is 38.7 Å². The Morgan fingerprint density at radius 3 is 2.64 bits per heavy atom. The lowest BCUT2D eigenvalue weighted by atomic mass is 9.84. The van der Waals surface area contributed by atoms with Gasteiger partial charge in [-0.3, -0.25) is 9.59 Å². The number of sulfonamides is 1. The summed E-state index contributed by atoms with van der Waals surface area (Å²) in [4.78, 5) is 29.3. The smallest absolute Gasteiger partial charge is 0.248 e. The Morgan fingerprint density at radius 1 is 1.11 bits per heavy atom. The van der Waals surface area contributed by atoms with Crippen LogP contribution in [0.4, 0.5) is 0 Å². The molecule has 0 aliphatic carbocycles. The van der Waals surface area contributed by atoms with Gasteiger partial charge in [0.1, 0.15) is 16.5 Å². The van der Waals surface area contributed by atoms with Crippen LogP contribution < -0.4 is 15.4 Å². The average molecular weight is 634 g/mol. The monoisotopic (exact) mass is 633 g/mol. The number of fused-ring (bicyclic) bond motifs is 2. The fourth-order valence-corrected chi connectivity index (χ4v) is 7.20. The minimum absolute atomic E-state index is 0.0458. The molecule has 2 aromatic heterocycles. The third-order valence-electron chi connectivity index (χ3n) is 8.39. The summed E-state index contributed by atoms with van der Waals surface area (Å²) in [7, 11) is -2.39. The number of amides is 2. The van der Waals surface area contributed by atoms with E-state index in [0.29, 0.717) is 13.0 Å². The van der Waals surface area contributed by atoms with E-state index in [2.05, 4.69) is 25.9 Å². The van der Waals surface area contributed by atoms with Gasteiger partial charge in [0.25, 0.3) is 0 Å². The summed E-state index contributed by atoms with van der Waals surface area (Å²) in [5, 5.41) is 13.9. The molecule has 2 atom stereocenters. The van der Waals surface area contributed by atoms with E-state index < -0.39 is 15.9 Å². The van der Waals surface area contributed by atoms with Gasteiger partial charge in [0.2, 0.25) is 27.7 Å². The van der Waals surface area contributed by atoms with Gasteiger partial charge in [-0.2, -0.15) is 4.31 Å². The fraction of sp³-hybridized carbons (Fsp3) is 0.406. The van der Waals surface area contributed by atoms with Crippen LogP contribution in [0.1, 0.15) is 60.4 Å². The number of hydrogen-bond acceptors (Lipinski definition) is 8. The molecule has 3 heterocycles. The van der Waals surface area contributed by atoms with E-state index in [-0.39, 0.29) is 54.7 Å². The minimum atomic E-state index is -3.90. The van der Waals surface area contributed by atoms with E-state index in [1.807, 2.05) is 62.7 Å². The highest BCUT2D eigenvalue weighted by Crippen LogP contribution is 2.36. The minimum Gasteiger partial charge on any atom is -0.472 e. The van der Waals surface area contributed by atoms with Gasteiger partial charge in [-0.1, -0.05) is 36.4 Å². The Balaban J connectivity index is 1.55. The molecule has 0 saturated carbocycles. The summed E-state index contributed by atoms with van der Waals surface area (Å²) in [6.07, 6.45) is 1.85. The van der Waals surface area contributed by atoms with Crippen molar-refractivity contribution in [3.8, 4) is 5.88 Å². The van der Waals surface area contributed by atoms with E-state index >= 15 is 0 Å². The first kappa shape index (κ1) is 32.0. The molecule has 0 spiro atoms. The highest BCUT2D eigenvalue weighted by atomic mass is 32.2. The number of nitrogens with one attached hydrogen (secondary N) is 2. The van der Waals surface area contributed by atoms with Crippen molar-refractivity contribution in [1.82, 2.24) is 34.9 Å². The number of ether oxygens (including phenoxy) is 1. The molecule has 2 amide bonds. The van der Waals surface area contributed by atoms with Crippen molar-refractivity contribution >= 4 is 32.9 Å². The summed E-state index contributed by atoms with van der Waals surface area (Å²) < 4.78 is 36.9. The van der Waals surface area contributed by atoms with Crippen LogP contribution in [0.15, 0.2) is 53.6 Å². The van der Waals surface area contributed by atoms with E-state index in [1.54, 1.807) is 6.07 Å². The van der Waals surface area contributed by atoms with Crippen molar-refractivity contribution in [3.63, 3.8) is 0 Å². The summed E-state index contributed by atoms with van der Waals surface area (Å²) >= 11 is 0. The number of hydrogen-bond donors (Lipinski definition) is 2. The lowest BCUT2D eigenvalue weighted by Crippen LogP contribution is -2.36. The van der Waals surface area contributed by atoms with Gasteiger partial charge in [-0.05, 0) is 73.2 Å². The second kappa shape index (κ2) is 13.3. The predicted octanol–water partition coefficient (Wildman–Crippen LogP) is 3.21. The number of aromatic nitrogens is 4. The van der Waals surface area contributed by atoms with E-state index in [9.17, 15) is 18.0 Å². The summed E-state index contributed by atoms with van der Waals surface area (Å²) in [5.41, 5.74) is 6.03. The lowest BCUT2D eigenvalue weighted by molar-refractivity contribution is -0.126. The van der Waals surface area contributed by atoms with Crippen molar-refractivity contribution < 1.29 is 22.7 Å². The predicted molar refractivity (Wildman–Crippen MR) is 169 cm³/mol. The normalized spacial score (nSPS) is 16.8. The zero-order chi connectivity index (χ0) is 32.3. The van der Waals surface area contributed by atoms with Gasteiger partial charge in [0.15, 0.2) is 0 Å². The van der Waals surface area contributed by atoms with Crippen molar-refractivity contribution in [1.29, 1.82) is 0 Å². The standard InChI is InChI=1S/C32H39N7O5S/c1-6-24-19-38(45(42,43)28-9-8-14-34-32(28)44-24)18-23-15-22(11-10-20(23)3)26(16-29(40)35-17-30(41)33-5)25-12-13-27-31(21(25)4)36-37-39(27)7-2/h8-15,24,26H,6-7,16-19H2,1-5H3,(H,33,41)(H,35,40)/t24-,26?/m1/s1. The molecule has 0 bridgehead atoms. The Hall–Kier alpha value is -4.36. The van der Waals surface area contributed by atoms with Gasteiger partial charge in [-0.25, -0.2) is 18.1 Å². The second-order valence-corrected chi connectivity index (χ2v) is 13.1. The third-order valence-corrected chi connectivity index (χ3v) is 10.2. The molecule has 12 nitrogen and oxygen atoms in total. The van der Waals surface area contributed by atoms with Crippen molar-refractivity contribution in [2.24, 2.45) is 0 Å². The van der Waals surface area contributed by atoms with Crippen LogP contribution in [0, 0.1) is 13.8 Å². The molecule has 238 valence electrons. The maximum absolute atomic E-state index is 13.8. The molecular formula is C32H39N7O5S. The van der Waals surface area contributed by atoms with Gasteiger partial charge >= 0.3 is 0 Å². The second-order valence-electron chi connectivity index (χ2n) is 11.2. The Morgan fingerprint density at radius 2 is 1.91 bits per heavy atom. The zero-order valence-electron chi connectivity index (χ0n) is 26.2. The number of likely N-dealkylation sites (N-methyl/N-ethyl adjacent to an activating group) is 1. The number of rotatable bonds is 10. The lowest BCUT2D eigenvalue weighted by Gasteiger charge is -2.25. The summed E-state index contributed by atoms with van der Waals surface area (Å²) in [6.45, 7) is 8.70. The SMILES string of the molecule is CC[C@@H]1CN(Cc2cc(C(CC(=O)NCC(=O)NC)c3ccc4c(nnn4CC)c3C)ccc2C)S(=O)(=O)c2cccnc2O1. The van der Waals surface area contributed by atoms with Crippen LogP contribution in [0.25, 0.3) is 11.0 Å². The van der Waals surface area contributed by atoms with Crippen molar-refractivity contribution in [3.05, 3.63) is 76.5 Å². The van der Waals surface area contributed by atoms with E-state index in [1.165, 1.54) is 23.6 Å². The molecule has 0 saturated heterocycles. The number of carbonyl (C=O) groups excluding carboxylic acids is 2. The first-order valence-corrected chi connectivity index (χ1v) is 16.5. The van der Waals surface area contributed by atoms with Crippen LogP contribution in [0.5, 0.6) is 5.88 Å². The molecule has 2 aromatic carbocycles. The number of carbonyl (C=O) groups is 2. The first-order valence-electron chi connectivity index (χ1n) is 15.1. The van der Waals surface area contributed by atoms with Crippen LogP contribution >= 0.6 is 0 Å². The van der Waals surface area contributed by atoms with Crippen LogP contribution in [0.2, 0.25) is 0 Å². The van der Waals surface area contributed by atoms with Crippen molar-refractivity contribution in [2.45, 2.75) is 70.5 Å². The Kier molecular flexibility index (Phi) is 9.49. The molecular weight excluding hydrogens is 594 g/mol. The molecule has 0 radical (unpaired) electrons. The number of benzene rings is 2. The summed E-state index contributed by atoms with van der Waals surface area (Å²) in [5.74, 6) is -0.866. The van der Waals surface area contributed by atoms with Gasteiger partial charge < -0.3 is 15.4 Å². The molecule has 1 aliphatic rings. The number of nitrogens with zero attached hydrogens (tertiary/aromatic N) is 5. The largest absolute Gasteiger partial charge is 0.472 e. The first-order chi connectivity index (χ1) is 21.6. The molecule has 13 heteroatoms. The number of aryl methyl sites for hydroxylation is 3. The fourth-order valence-electron chi connectivity index (χ4n) is 5.68. The van der Waals surface area contributed by atoms with Crippen molar-refractivity contribution in [2.75, 3.05) is 20.1 Å². The van der Waals surface area contributed by atoms with Crippen LogP contribution in [-0.4, -0.2) is 70.8 Å². The highest BCUT2D eigenvalue weighted by molar-refractivity contribution is 7.89. The average Bonchev–Trinajstić information content (AvgIpc) is 3.43. The quantitative estimate of drug-likeness (QED) is 0.271. The highest BCUT2D eigenvalue weighted by Gasteiger charge is 2.35. The van der Waals surface area contributed by atoms with Crippen LogP contribution in [-0.2, 0) is 32.7 Å². The summed E-state index contributed by atoms with van der Waals surface area (Å²) in [6, 6.07) is 13.0. The van der Waals surface area contributed by atoms with Gasteiger partial charge in [-0.15, -0.1) is 5.10 Å². The Bertz CT molecular complexity index is 1840. The zero-order valence-corrected chi connectivity index (χ0v) is 27.0. The molecule has 4 aromatic rings.